The summed E-state index contributed by atoms with van der Waals surface area (Å²) in [5.74, 6) is 0.247. The Kier molecular flexibility index (Phi) is 7.37. The third-order valence-electron chi connectivity index (χ3n) is 8.32. The number of carbonyl (C=O) groups excluding carboxylic acids is 1. The lowest BCUT2D eigenvalue weighted by molar-refractivity contribution is -0.141. The predicted molar refractivity (Wildman–Crippen MR) is 165 cm³/mol. The molecule has 40 heavy (non-hydrogen) atoms. The number of H-pyrrole nitrogens is 1. The Morgan fingerprint density at radius 2 is 1.93 bits per heavy atom. The molecule has 2 aliphatic heterocycles. The maximum atomic E-state index is 13.6. The molecule has 210 valence electrons. The van der Waals surface area contributed by atoms with Gasteiger partial charge in [0, 0.05) is 74.8 Å². The highest BCUT2D eigenvalue weighted by atomic mass is 32.1. The van der Waals surface area contributed by atoms with Crippen LogP contribution in [0.25, 0.3) is 26.8 Å². The molecule has 2 N–H and O–H groups in total. The Morgan fingerprint density at radius 3 is 2.67 bits per heavy atom. The number of nitrogens with one attached hydrogen (secondary N) is 2. The fourth-order valence-electron chi connectivity index (χ4n) is 5.99. The topological polar surface area (TPSA) is 80.4 Å². The number of hydrogen-bond acceptors (Lipinski definition) is 7. The van der Waals surface area contributed by atoms with Crippen molar-refractivity contribution in [1.29, 1.82) is 0 Å². The van der Waals surface area contributed by atoms with Crippen molar-refractivity contribution >= 4 is 55.4 Å². The van der Waals surface area contributed by atoms with Gasteiger partial charge in [-0.15, -0.1) is 11.3 Å². The minimum atomic E-state index is -0.404. The number of rotatable bonds is 7. The normalized spacial score (nSPS) is 17.6. The van der Waals surface area contributed by atoms with Crippen molar-refractivity contribution in [2.45, 2.75) is 40.2 Å². The molecule has 5 heterocycles. The van der Waals surface area contributed by atoms with Gasteiger partial charge in [0.15, 0.2) is 0 Å². The molecule has 0 aliphatic carbocycles. The first-order valence-corrected chi connectivity index (χ1v) is 15.2. The summed E-state index contributed by atoms with van der Waals surface area (Å²) < 4.78 is 1.16. The van der Waals surface area contributed by atoms with E-state index in [9.17, 15) is 4.79 Å². The van der Waals surface area contributed by atoms with Gasteiger partial charge in [-0.25, -0.2) is 9.97 Å². The first-order chi connectivity index (χ1) is 19.3. The minimum absolute atomic E-state index is 0.247. The molecule has 0 spiro atoms. The molecule has 4 aromatic rings. The van der Waals surface area contributed by atoms with Crippen molar-refractivity contribution in [2.24, 2.45) is 5.41 Å². The summed E-state index contributed by atoms with van der Waals surface area (Å²) in [5.41, 5.74) is 7.70. The van der Waals surface area contributed by atoms with Crippen LogP contribution in [0, 0.1) is 5.41 Å². The highest BCUT2D eigenvalue weighted by Crippen LogP contribution is 2.32. The summed E-state index contributed by atoms with van der Waals surface area (Å²) in [6.45, 7) is 15.1. The molecule has 9 heteroatoms. The van der Waals surface area contributed by atoms with Gasteiger partial charge in [-0.1, -0.05) is 6.08 Å². The second-order valence-electron chi connectivity index (χ2n) is 12.0. The summed E-state index contributed by atoms with van der Waals surface area (Å²) in [6, 6.07) is 11.0. The van der Waals surface area contributed by atoms with Gasteiger partial charge < -0.3 is 15.2 Å². The summed E-state index contributed by atoms with van der Waals surface area (Å²) in [4.78, 5) is 33.0. The highest BCUT2D eigenvalue weighted by molar-refractivity contribution is 7.16. The van der Waals surface area contributed by atoms with Crippen molar-refractivity contribution < 1.29 is 4.79 Å². The Bertz CT molecular complexity index is 1540. The standard InChI is InChI=1S/C31H39N7OS/c1-21(2)37-15-13-36(14-16-37)19-31(3,4)30(39)38-11-8-22(9-12-38)27-18-24-25(7-10-32-29(24)35-27)34-23-5-6-26-28(17-23)40-20-33-26/h5-8,10,17-18,20-21H,9,11-16,19H2,1-4H3,(H2,32,34,35). The minimum Gasteiger partial charge on any atom is -0.355 e. The average Bonchev–Trinajstić information content (AvgIpc) is 3.60. The van der Waals surface area contributed by atoms with Gasteiger partial charge in [-0.2, -0.15) is 0 Å². The number of thiazole rings is 1. The Balaban J connectivity index is 1.12. The number of amides is 1. The molecule has 1 saturated heterocycles. The zero-order valence-electron chi connectivity index (χ0n) is 23.9. The van der Waals surface area contributed by atoms with E-state index in [0.29, 0.717) is 12.6 Å². The van der Waals surface area contributed by atoms with Gasteiger partial charge in [0.05, 0.1) is 26.8 Å². The van der Waals surface area contributed by atoms with E-state index in [2.05, 4.69) is 82.0 Å². The number of fused-ring (bicyclic) bond motifs is 2. The lowest BCUT2D eigenvalue weighted by Gasteiger charge is -2.41. The van der Waals surface area contributed by atoms with Gasteiger partial charge in [0.1, 0.15) is 5.65 Å². The van der Waals surface area contributed by atoms with Crippen LogP contribution in [0.4, 0.5) is 11.4 Å². The first kappa shape index (κ1) is 26.9. The molecule has 6 rings (SSSR count). The Morgan fingerprint density at radius 1 is 1.10 bits per heavy atom. The number of pyridine rings is 1. The molecule has 8 nitrogen and oxygen atoms in total. The molecule has 0 atom stereocenters. The van der Waals surface area contributed by atoms with Gasteiger partial charge in [-0.05, 0) is 70.0 Å². The third-order valence-corrected chi connectivity index (χ3v) is 9.11. The molecule has 0 bridgehead atoms. The first-order valence-electron chi connectivity index (χ1n) is 14.3. The zero-order chi connectivity index (χ0) is 27.9. The fraction of sp³-hybridized carbons (Fsp3) is 0.452. The monoisotopic (exact) mass is 557 g/mol. The van der Waals surface area contributed by atoms with E-state index in [0.717, 1.165) is 84.0 Å². The summed E-state index contributed by atoms with van der Waals surface area (Å²) in [6.07, 6.45) is 4.86. The quantitative estimate of drug-likeness (QED) is 0.309. The molecule has 0 radical (unpaired) electrons. The zero-order valence-corrected chi connectivity index (χ0v) is 24.7. The van der Waals surface area contributed by atoms with Gasteiger partial charge in [-0.3, -0.25) is 14.6 Å². The van der Waals surface area contributed by atoms with Crippen LogP contribution in [0.1, 0.15) is 39.8 Å². The lowest BCUT2D eigenvalue weighted by Crippen LogP contribution is -2.54. The van der Waals surface area contributed by atoms with E-state index in [1.807, 2.05) is 28.7 Å². The molecule has 0 saturated carbocycles. The van der Waals surface area contributed by atoms with E-state index >= 15 is 0 Å². The summed E-state index contributed by atoms with van der Waals surface area (Å²) in [7, 11) is 0. The van der Waals surface area contributed by atoms with Crippen molar-refractivity contribution in [3.63, 3.8) is 0 Å². The Hall–Kier alpha value is -3.27. The maximum Gasteiger partial charge on any atom is 0.229 e. The van der Waals surface area contributed by atoms with Crippen molar-refractivity contribution in [1.82, 2.24) is 29.7 Å². The number of anilines is 2. The molecular formula is C31H39N7OS. The molecular weight excluding hydrogens is 518 g/mol. The third kappa shape index (κ3) is 5.50. The molecule has 1 aromatic carbocycles. The molecule has 1 fully saturated rings. The van der Waals surface area contributed by atoms with E-state index < -0.39 is 5.41 Å². The predicted octanol–water partition coefficient (Wildman–Crippen LogP) is 5.58. The number of nitrogens with zero attached hydrogens (tertiary/aromatic N) is 5. The van der Waals surface area contributed by atoms with Crippen LogP contribution in [0.3, 0.4) is 0 Å². The van der Waals surface area contributed by atoms with Gasteiger partial charge in [0.2, 0.25) is 5.91 Å². The molecule has 3 aromatic heterocycles. The Labute approximate surface area is 240 Å². The van der Waals surface area contributed by atoms with Crippen LogP contribution >= 0.6 is 11.3 Å². The molecule has 2 aliphatic rings. The average molecular weight is 558 g/mol. The number of carbonyl (C=O) groups is 1. The van der Waals surface area contributed by atoms with E-state index in [1.165, 1.54) is 5.57 Å². The van der Waals surface area contributed by atoms with Gasteiger partial charge >= 0.3 is 0 Å². The van der Waals surface area contributed by atoms with Crippen molar-refractivity contribution in [2.75, 3.05) is 51.1 Å². The fourth-order valence-corrected chi connectivity index (χ4v) is 6.70. The van der Waals surface area contributed by atoms with Gasteiger partial charge in [0.25, 0.3) is 0 Å². The van der Waals surface area contributed by atoms with Crippen molar-refractivity contribution in [3.8, 4) is 0 Å². The van der Waals surface area contributed by atoms with Crippen LogP contribution in [-0.4, -0.2) is 87.4 Å². The lowest BCUT2D eigenvalue weighted by atomic mass is 9.89. The largest absolute Gasteiger partial charge is 0.355 e. The number of benzene rings is 1. The smallest absolute Gasteiger partial charge is 0.229 e. The highest BCUT2D eigenvalue weighted by Gasteiger charge is 2.35. The number of piperazine rings is 1. The maximum absolute atomic E-state index is 13.6. The number of aromatic nitrogens is 3. The second-order valence-corrected chi connectivity index (χ2v) is 12.9. The van der Waals surface area contributed by atoms with E-state index in [1.54, 1.807) is 11.3 Å². The van der Waals surface area contributed by atoms with Crippen LogP contribution in [0.5, 0.6) is 0 Å². The molecule has 0 unspecified atom stereocenters. The van der Waals surface area contributed by atoms with E-state index in [4.69, 9.17) is 0 Å². The molecule has 1 amide bonds. The van der Waals surface area contributed by atoms with Crippen LogP contribution in [0.2, 0.25) is 0 Å². The second kappa shape index (κ2) is 11.0. The summed E-state index contributed by atoms with van der Waals surface area (Å²) >= 11 is 1.64. The van der Waals surface area contributed by atoms with Crippen LogP contribution < -0.4 is 5.32 Å². The van der Waals surface area contributed by atoms with E-state index in [-0.39, 0.29) is 5.91 Å². The number of hydrogen-bond donors (Lipinski definition) is 2. The van der Waals surface area contributed by atoms with Crippen LogP contribution in [-0.2, 0) is 4.79 Å². The number of aromatic amines is 1. The van der Waals surface area contributed by atoms with Crippen LogP contribution in [0.15, 0.2) is 48.1 Å². The summed E-state index contributed by atoms with van der Waals surface area (Å²) in [5, 5.41) is 4.62. The SMILES string of the molecule is CC(C)N1CCN(CC(C)(C)C(=O)N2CC=C(c3cc4c(Nc5ccc6ncsc6c5)ccnc4[nH]3)CC2)CC1. The van der Waals surface area contributed by atoms with Crippen molar-refractivity contribution in [3.05, 3.63) is 53.8 Å².